The normalized spacial score (nSPS) is 11.9. The van der Waals surface area contributed by atoms with Crippen LogP contribution in [0.4, 0.5) is 0 Å². The number of nitrogens with zero attached hydrogens (tertiary/aromatic N) is 3. The molecule has 0 spiro atoms. The zero-order chi connectivity index (χ0) is 12.7. The van der Waals surface area contributed by atoms with Crippen LogP contribution in [0.5, 0.6) is 0 Å². The molecule has 1 aromatic rings. The van der Waals surface area contributed by atoms with Crippen LogP contribution in [0.3, 0.4) is 0 Å². The van der Waals surface area contributed by atoms with Crippen molar-refractivity contribution in [1.29, 1.82) is 0 Å². The van der Waals surface area contributed by atoms with Gasteiger partial charge in [-0.25, -0.2) is 0 Å². The molecule has 1 rings (SSSR count). The van der Waals surface area contributed by atoms with E-state index in [-0.39, 0.29) is 0 Å². The monoisotopic (exact) mass is 239 g/mol. The molecule has 2 N–H and O–H groups in total. The molecule has 0 atom stereocenters. The summed E-state index contributed by atoms with van der Waals surface area (Å²) < 4.78 is 4.88. The van der Waals surface area contributed by atoms with Crippen molar-refractivity contribution in [3.8, 4) is 0 Å². The zero-order valence-corrected chi connectivity index (χ0v) is 10.9. The maximum Gasteiger partial charge on any atom is 0.223 e. The van der Waals surface area contributed by atoms with Gasteiger partial charge >= 0.3 is 0 Å². The lowest BCUT2D eigenvalue weighted by molar-refractivity contribution is 0.386. The molecule has 0 amide bonds. The highest BCUT2D eigenvalue weighted by molar-refractivity contribution is 5.79. The summed E-state index contributed by atoms with van der Waals surface area (Å²) in [4.78, 5) is 8.22. The summed E-state index contributed by atoms with van der Waals surface area (Å²) in [5, 5.41) is 10.2. The van der Waals surface area contributed by atoms with Gasteiger partial charge in [0.15, 0.2) is 11.8 Å². The Kier molecular flexibility index (Phi) is 5.45. The van der Waals surface area contributed by atoms with E-state index in [2.05, 4.69) is 39.6 Å². The highest BCUT2D eigenvalue weighted by Gasteiger charge is 2.03. The summed E-state index contributed by atoms with van der Waals surface area (Å²) in [6.45, 7) is 7.58. The van der Waals surface area contributed by atoms with Crippen molar-refractivity contribution in [2.24, 2.45) is 10.9 Å². The number of aliphatic imine (C=N–C) groups is 1. The van der Waals surface area contributed by atoms with Crippen molar-refractivity contribution in [3.05, 3.63) is 11.7 Å². The lowest BCUT2D eigenvalue weighted by Crippen LogP contribution is -2.37. The van der Waals surface area contributed by atoms with Gasteiger partial charge in [0.25, 0.3) is 0 Å². The molecule has 1 aromatic heterocycles. The van der Waals surface area contributed by atoms with Gasteiger partial charge in [0.1, 0.15) is 0 Å². The summed E-state index contributed by atoms with van der Waals surface area (Å²) in [5.41, 5.74) is 0. The second kappa shape index (κ2) is 6.88. The van der Waals surface area contributed by atoms with Crippen molar-refractivity contribution in [2.75, 3.05) is 13.6 Å². The maximum absolute atomic E-state index is 4.88. The van der Waals surface area contributed by atoms with Crippen LogP contribution >= 0.6 is 0 Å². The highest BCUT2D eigenvalue weighted by Crippen LogP contribution is 1.96. The molecule has 0 unspecified atom stereocenters. The highest BCUT2D eigenvalue weighted by atomic mass is 16.5. The van der Waals surface area contributed by atoms with Crippen molar-refractivity contribution < 1.29 is 4.52 Å². The van der Waals surface area contributed by atoms with E-state index in [0.29, 0.717) is 24.2 Å². The van der Waals surface area contributed by atoms with E-state index in [1.807, 2.05) is 0 Å². The van der Waals surface area contributed by atoms with E-state index in [0.717, 1.165) is 18.9 Å². The largest absolute Gasteiger partial charge is 0.356 e. The first-order chi connectivity index (χ1) is 8.11. The van der Waals surface area contributed by atoms with Gasteiger partial charge < -0.3 is 15.2 Å². The van der Waals surface area contributed by atoms with Crippen molar-refractivity contribution >= 4 is 5.96 Å². The fraction of sp³-hybridized carbons (Fsp3) is 0.727. The Labute approximate surface area is 102 Å². The van der Waals surface area contributed by atoms with Gasteiger partial charge in [-0.15, -0.1) is 0 Å². The number of aryl methyl sites for hydroxylation is 1. The molecule has 0 aromatic carbocycles. The average Bonchev–Trinajstić information content (AvgIpc) is 2.69. The second-order valence-corrected chi connectivity index (χ2v) is 4.26. The quantitative estimate of drug-likeness (QED) is 0.594. The van der Waals surface area contributed by atoms with Gasteiger partial charge in [-0.05, 0) is 12.3 Å². The standard InChI is InChI=1S/C11H21N5O/c1-8(2)5-6-13-11(12-4)14-7-10-15-9(3)17-16-10/h8H,5-7H2,1-4H3,(H2,12,13,14). The molecule has 0 radical (unpaired) electrons. The minimum absolute atomic E-state index is 0.513. The Morgan fingerprint density at radius 2 is 2.18 bits per heavy atom. The van der Waals surface area contributed by atoms with Crippen molar-refractivity contribution in [2.45, 2.75) is 33.7 Å². The Hall–Kier alpha value is -1.59. The first-order valence-corrected chi connectivity index (χ1v) is 5.85. The van der Waals surface area contributed by atoms with Gasteiger partial charge in [0, 0.05) is 20.5 Å². The summed E-state index contributed by atoms with van der Waals surface area (Å²) in [6, 6.07) is 0. The van der Waals surface area contributed by atoms with Crippen molar-refractivity contribution in [1.82, 2.24) is 20.8 Å². The van der Waals surface area contributed by atoms with Gasteiger partial charge in [-0.1, -0.05) is 19.0 Å². The van der Waals surface area contributed by atoms with Crippen LogP contribution in [0.15, 0.2) is 9.52 Å². The number of hydrogen-bond acceptors (Lipinski definition) is 4. The third-order valence-electron chi connectivity index (χ3n) is 2.22. The number of aromatic nitrogens is 2. The first kappa shape index (κ1) is 13.5. The van der Waals surface area contributed by atoms with Crippen LogP contribution in [-0.2, 0) is 6.54 Å². The van der Waals surface area contributed by atoms with Crippen molar-refractivity contribution in [3.63, 3.8) is 0 Å². The topological polar surface area (TPSA) is 75.3 Å². The summed E-state index contributed by atoms with van der Waals surface area (Å²) in [6.07, 6.45) is 1.11. The Morgan fingerprint density at radius 1 is 1.41 bits per heavy atom. The molecule has 6 heteroatoms. The molecule has 0 saturated carbocycles. The number of guanidine groups is 1. The Bertz CT molecular complexity index is 358. The predicted octanol–water partition coefficient (Wildman–Crippen LogP) is 1.09. The van der Waals surface area contributed by atoms with E-state index in [1.165, 1.54) is 0 Å². The molecule has 0 aliphatic heterocycles. The smallest absolute Gasteiger partial charge is 0.223 e. The molecule has 0 saturated heterocycles. The van der Waals surface area contributed by atoms with E-state index in [9.17, 15) is 0 Å². The molecule has 0 bridgehead atoms. The third kappa shape index (κ3) is 5.33. The summed E-state index contributed by atoms with van der Waals surface area (Å²) in [7, 11) is 1.74. The fourth-order valence-corrected chi connectivity index (χ4v) is 1.28. The lowest BCUT2D eigenvalue weighted by atomic mass is 10.1. The van der Waals surface area contributed by atoms with E-state index in [1.54, 1.807) is 14.0 Å². The van der Waals surface area contributed by atoms with Crippen LogP contribution in [0.1, 0.15) is 32.0 Å². The summed E-state index contributed by atoms with van der Waals surface area (Å²) in [5.74, 6) is 2.65. The van der Waals surface area contributed by atoms with Crippen LogP contribution in [-0.4, -0.2) is 29.7 Å². The van der Waals surface area contributed by atoms with E-state index < -0.39 is 0 Å². The van der Waals surface area contributed by atoms with Crippen LogP contribution < -0.4 is 10.6 Å². The molecule has 1 heterocycles. The predicted molar refractivity (Wildman–Crippen MR) is 66.7 cm³/mol. The van der Waals surface area contributed by atoms with Crippen LogP contribution in [0, 0.1) is 12.8 Å². The van der Waals surface area contributed by atoms with E-state index >= 15 is 0 Å². The van der Waals surface area contributed by atoms with Gasteiger partial charge in [-0.2, -0.15) is 4.98 Å². The molecule has 17 heavy (non-hydrogen) atoms. The minimum atomic E-state index is 0.513. The summed E-state index contributed by atoms with van der Waals surface area (Å²) >= 11 is 0. The van der Waals surface area contributed by atoms with E-state index in [4.69, 9.17) is 4.52 Å². The zero-order valence-electron chi connectivity index (χ0n) is 10.9. The first-order valence-electron chi connectivity index (χ1n) is 5.85. The molecule has 0 fully saturated rings. The molecule has 0 aliphatic carbocycles. The Balaban J connectivity index is 2.28. The van der Waals surface area contributed by atoms with Crippen LogP contribution in [0.25, 0.3) is 0 Å². The molecule has 96 valence electrons. The SMILES string of the molecule is CN=C(NCCC(C)C)NCc1noc(C)n1. The second-order valence-electron chi connectivity index (χ2n) is 4.26. The lowest BCUT2D eigenvalue weighted by Gasteiger charge is -2.11. The molecular formula is C11H21N5O. The van der Waals surface area contributed by atoms with Crippen LogP contribution in [0.2, 0.25) is 0 Å². The van der Waals surface area contributed by atoms with Gasteiger partial charge in [0.05, 0.1) is 6.54 Å². The molecule has 6 nitrogen and oxygen atoms in total. The van der Waals surface area contributed by atoms with Gasteiger partial charge in [0.2, 0.25) is 5.89 Å². The molecule has 0 aliphatic rings. The number of hydrogen-bond donors (Lipinski definition) is 2. The van der Waals surface area contributed by atoms with Gasteiger partial charge in [-0.3, -0.25) is 4.99 Å². The third-order valence-corrected chi connectivity index (χ3v) is 2.22. The Morgan fingerprint density at radius 3 is 2.71 bits per heavy atom. The number of rotatable bonds is 5. The molecular weight excluding hydrogens is 218 g/mol. The number of nitrogens with one attached hydrogen (secondary N) is 2. The maximum atomic E-state index is 4.88. The fourth-order valence-electron chi connectivity index (χ4n) is 1.28. The minimum Gasteiger partial charge on any atom is -0.356 e. The average molecular weight is 239 g/mol.